The Labute approximate surface area is 145 Å². The third-order valence-corrected chi connectivity index (χ3v) is 6.03. The van der Waals surface area contributed by atoms with Crippen LogP contribution in [0.1, 0.15) is 38.5 Å². The number of rotatable bonds is 4. The predicted octanol–water partition coefficient (Wildman–Crippen LogP) is 2.77. The summed E-state index contributed by atoms with van der Waals surface area (Å²) in [4.78, 5) is 28.9. The van der Waals surface area contributed by atoms with E-state index in [2.05, 4.69) is 5.32 Å². The van der Waals surface area contributed by atoms with Crippen molar-refractivity contribution in [1.29, 1.82) is 0 Å². The molecule has 1 N–H and O–H groups in total. The molecule has 2 heterocycles. The number of hydrogen-bond acceptors (Lipinski definition) is 3. The lowest BCUT2D eigenvalue weighted by Crippen LogP contribution is -2.41. The summed E-state index contributed by atoms with van der Waals surface area (Å²) < 4.78 is 0. The molecule has 1 aliphatic carbocycles. The molecule has 1 aromatic carbocycles. The lowest BCUT2D eigenvalue weighted by molar-refractivity contribution is -0.129. The zero-order valence-corrected chi connectivity index (χ0v) is 14.3. The van der Waals surface area contributed by atoms with Crippen molar-refractivity contribution in [3.05, 3.63) is 57.3 Å². The van der Waals surface area contributed by atoms with Gasteiger partial charge in [0.2, 0.25) is 5.91 Å². The Hall–Kier alpha value is -2.14. The topological polar surface area (TPSA) is 49.4 Å². The van der Waals surface area contributed by atoms with Crippen LogP contribution in [0.2, 0.25) is 0 Å². The van der Waals surface area contributed by atoms with Gasteiger partial charge in [-0.15, -0.1) is 11.3 Å². The molecule has 1 aromatic heterocycles. The Morgan fingerprint density at radius 1 is 1.25 bits per heavy atom. The van der Waals surface area contributed by atoms with Gasteiger partial charge in [-0.1, -0.05) is 30.3 Å². The highest BCUT2D eigenvalue weighted by Gasteiger charge is 2.33. The number of nitrogens with zero attached hydrogens (tertiary/aromatic N) is 1. The molecule has 24 heavy (non-hydrogen) atoms. The van der Waals surface area contributed by atoms with Crippen molar-refractivity contribution in [2.45, 2.75) is 38.3 Å². The third kappa shape index (κ3) is 2.96. The van der Waals surface area contributed by atoms with E-state index in [1.807, 2.05) is 41.3 Å². The quantitative estimate of drug-likeness (QED) is 0.930. The minimum atomic E-state index is -0.391. The first-order valence-electron chi connectivity index (χ1n) is 8.46. The Bertz CT molecular complexity index is 747. The Balaban J connectivity index is 1.38. The monoisotopic (exact) mass is 340 g/mol. The minimum Gasteiger partial charge on any atom is -0.339 e. The van der Waals surface area contributed by atoms with E-state index in [0.717, 1.165) is 23.3 Å². The SMILES string of the molecule is O=C(NC1CCN(Cc2ccccc2)C1=O)c1cc2c(s1)CCC2. The van der Waals surface area contributed by atoms with Crippen LogP contribution >= 0.6 is 11.3 Å². The van der Waals surface area contributed by atoms with Crippen molar-refractivity contribution >= 4 is 23.2 Å². The maximum absolute atomic E-state index is 12.5. The lowest BCUT2D eigenvalue weighted by atomic mass is 10.2. The standard InChI is InChI=1S/C19H20N2O2S/c22-18(17-11-14-7-4-8-16(14)24-17)20-15-9-10-21(19(15)23)12-13-5-2-1-3-6-13/h1-3,5-6,11,15H,4,7-10,12H2,(H,20,22). The zero-order chi connectivity index (χ0) is 16.5. The minimum absolute atomic E-state index is 0.0244. The van der Waals surface area contributed by atoms with E-state index < -0.39 is 6.04 Å². The summed E-state index contributed by atoms with van der Waals surface area (Å²) in [5, 5.41) is 2.93. The Morgan fingerprint density at radius 2 is 2.08 bits per heavy atom. The molecule has 1 aliphatic heterocycles. The molecular formula is C19H20N2O2S. The molecule has 1 atom stereocenters. The maximum Gasteiger partial charge on any atom is 0.262 e. The highest BCUT2D eigenvalue weighted by atomic mass is 32.1. The van der Waals surface area contributed by atoms with Gasteiger partial charge in [0.15, 0.2) is 0 Å². The molecule has 2 amide bonds. The summed E-state index contributed by atoms with van der Waals surface area (Å²) in [6.45, 7) is 1.30. The van der Waals surface area contributed by atoms with Crippen LogP contribution in [0.3, 0.4) is 0 Å². The fourth-order valence-electron chi connectivity index (χ4n) is 3.50. The lowest BCUT2D eigenvalue weighted by Gasteiger charge is -2.17. The largest absolute Gasteiger partial charge is 0.339 e. The number of amides is 2. The number of hydrogen-bond donors (Lipinski definition) is 1. The maximum atomic E-state index is 12.5. The molecule has 5 heteroatoms. The molecule has 0 radical (unpaired) electrons. The van der Waals surface area contributed by atoms with Gasteiger partial charge in [0.1, 0.15) is 6.04 Å². The molecule has 1 saturated heterocycles. The summed E-state index contributed by atoms with van der Waals surface area (Å²) in [6.07, 6.45) is 4.04. The Morgan fingerprint density at radius 3 is 2.88 bits per heavy atom. The summed E-state index contributed by atoms with van der Waals surface area (Å²) in [7, 11) is 0. The molecule has 1 fully saturated rings. The zero-order valence-electron chi connectivity index (χ0n) is 13.5. The molecule has 0 saturated carbocycles. The average Bonchev–Trinajstić information content (AvgIpc) is 3.26. The molecule has 2 aliphatic rings. The van der Waals surface area contributed by atoms with E-state index in [-0.39, 0.29) is 11.8 Å². The van der Waals surface area contributed by atoms with Crippen LogP contribution in [0.4, 0.5) is 0 Å². The van der Waals surface area contributed by atoms with Crippen LogP contribution in [-0.2, 0) is 24.2 Å². The van der Waals surface area contributed by atoms with Crippen molar-refractivity contribution in [1.82, 2.24) is 10.2 Å². The van der Waals surface area contributed by atoms with Crippen LogP contribution < -0.4 is 5.32 Å². The fraction of sp³-hybridized carbons (Fsp3) is 0.368. The normalized spacial score (nSPS) is 19.6. The first-order chi connectivity index (χ1) is 11.7. The number of likely N-dealkylation sites (tertiary alicyclic amines) is 1. The van der Waals surface area contributed by atoms with Crippen molar-refractivity contribution < 1.29 is 9.59 Å². The average molecular weight is 340 g/mol. The van der Waals surface area contributed by atoms with E-state index in [1.54, 1.807) is 11.3 Å². The smallest absolute Gasteiger partial charge is 0.262 e. The second-order valence-electron chi connectivity index (χ2n) is 6.47. The molecule has 124 valence electrons. The number of nitrogens with one attached hydrogen (secondary N) is 1. The second kappa shape index (κ2) is 6.40. The summed E-state index contributed by atoms with van der Waals surface area (Å²) in [6, 6.07) is 11.6. The van der Waals surface area contributed by atoms with Gasteiger partial charge in [0, 0.05) is 18.0 Å². The van der Waals surface area contributed by atoms with E-state index in [1.165, 1.54) is 16.9 Å². The highest BCUT2D eigenvalue weighted by molar-refractivity contribution is 7.14. The van der Waals surface area contributed by atoms with Crippen molar-refractivity contribution in [3.8, 4) is 0 Å². The molecule has 0 spiro atoms. The first kappa shape index (κ1) is 15.4. The van der Waals surface area contributed by atoms with E-state index in [9.17, 15) is 9.59 Å². The first-order valence-corrected chi connectivity index (χ1v) is 9.27. The van der Waals surface area contributed by atoms with Gasteiger partial charge in [-0.25, -0.2) is 0 Å². The number of benzene rings is 1. The molecule has 2 aromatic rings. The van der Waals surface area contributed by atoms with Gasteiger partial charge in [0.05, 0.1) is 4.88 Å². The summed E-state index contributed by atoms with van der Waals surface area (Å²) in [5.41, 5.74) is 2.43. The van der Waals surface area contributed by atoms with E-state index in [4.69, 9.17) is 0 Å². The number of carbonyl (C=O) groups is 2. The Kier molecular flexibility index (Phi) is 4.10. The van der Waals surface area contributed by atoms with Gasteiger partial charge in [0.25, 0.3) is 5.91 Å². The second-order valence-corrected chi connectivity index (χ2v) is 7.61. The molecule has 1 unspecified atom stereocenters. The molecule has 4 rings (SSSR count). The van der Waals surface area contributed by atoms with E-state index in [0.29, 0.717) is 19.5 Å². The predicted molar refractivity (Wildman–Crippen MR) is 94.1 cm³/mol. The van der Waals surface area contributed by atoms with Crippen LogP contribution in [0.5, 0.6) is 0 Å². The van der Waals surface area contributed by atoms with Gasteiger partial charge in [-0.3, -0.25) is 9.59 Å². The van der Waals surface area contributed by atoms with Crippen molar-refractivity contribution in [2.24, 2.45) is 0 Å². The molecular weight excluding hydrogens is 320 g/mol. The van der Waals surface area contributed by atoms with Crippen LogP contribution in [0.15, 0.2) is 36.4 Å². The number of fused-ring (bicyclic) bond motifs is 1. The van der Waals surface area contributed by atoms with Gasteiger partial charge >= 0.3 is 0 Å². The highest BCUT2D eigenvalue weighted by Crippen LogP contribution is 2.30. The molecule has 0 bridgehead atoms. The summed E-state index contributed by atoms with van der Waals surface area (Å²) >= 11 is 1.58. The van der Waals surface area contributed by atoms with Gasteiger partial charge in [-0.05, 0) is 42.9 Å². The molecule has 4 nitrogen and oxygen atoms in total. The van der Waals surface area contributed by atoms with Gasteiger partial charge < -0.3 is 10.2 Å². The summed E-state index contributed by atoms with van der Waals surface area (Å²) in [5.74, 6) is -0.0781. The van der Waals surface area contributed by atoms with Crippen molar-refractivity contribution in [3.63, 3.8) is 0 Å². The third-order valence-electron chi connectivity index (χ3n) is 4.79. The van der Waals surface area contributed by atoms with Crippen LogP contribution in [-0.4, -0.2) is 29.3 Å². The fourth-order valence-corrected chi connectivity index (χ4v) is 4.66. The number of thiophene rings is 1. The van der Waals surface area contributed by atoms with Crippen LogP contribution in [0.25, 0.3) is 0 Å². The van der Waals surface area contributed by atoms with Gasteiger partial charge in [-0.2, -0.15) is 0 Å². The van der Waals surface area contributed by atoms with Crippen LogP contribution in [0, 0.1) is 0 Å². The van der Waals surface area contributed by atoms with E-state index >= 15 is 0 Å². The van der Waals surface area contributed by atoms with Crippen molar-refractivity contribution in [2.75, 3.05) is 6.54 Å². The number of aryl methyl sites for hydroxylation is 2. The number of carbonyl (C=O) groups excluding carboxylic acids is 2.